The summed E-state index contributed by atoms with van der Waals surface area (Å²) < 4.78 is 16.7. The maximum absolute atomic E-state index is 13.2. The van der Waals surface area contributed by atoms with Crippen molar-refractivity contribution in [3.05, 3.63) is 29.3 Å². The molecule has 31 heavy (non-hydrogen) atoms. The molecule has 2 atom stereocenters. The van der Waals surface area contributed by atoms with E-state index in [-0.39, 0.29) is 23.9 Å². The highest BCUT2D eigenvalue weighted by Crippen LogP contribution is 2.32. The minimum absolute atomic E-state index is 0.000916. The Balaban J connectivity index is 2.24. The molecule has 1 heterocycles. The summed E-state index contributed by atoms with van der Waals surface area (Å²) >= 11 is 3.50. The summed E-state index contributed by atoms with van der Waals surface area (Å²) in [5.41, 5.74) is 0.972. The van der Waals surface area contributed by atoms with Gasteiger partial charge in [0.25, 0.3) is 0 Å². The van der Waals surface area contributed by atoms with Gasteiger partial charge in [-0.15, -0.1) is 0 Å². The topological polar surface area (TPSA) is 65.1 Å². The molecule has 0 bridgehead atoms. The normalized spacial score (nSPS) is 17.9. The van der Waals surface area contributed by atoms with E-state index >= 15 is 0 Å². The second-order valence-corrected chi connectivity index (χ2v) is 10.7. The van der Waals surface area contributed by atoms with Gasteiger partial charge in [-0.05, 0) is 83.6 Å². The van der Waals surface area contributed by atoms with Crippen molar-refractivity contribution >= 4 is 28.0 Å². The van der Waals surface area contributed by atoms with E-state index in [1.54, 1.807) is 12.0 Å². The molecule has 7 heteroatoms. The average Bonchev–Trinajstić information content (AvgIpc) is 3.13. The molecule has 174 valence electrons. The van der Waals surface area contributed by atoms with Gasteiger partial charge in [0.1, 0.15) is 17.0 Å². The Bertz CT molecular complexity index is 759. The largest absolute Gasteiger partial charge is 0.497 e. The highest BCUT2D eigenvalue weighted by molar-refractivity contribution is 9.08. The Morgan fingerprint density at radius 2 is 1.68 bits per heavy atom. The molecule has 1 aliphatic heterocycles. The summed E-state index contributed by atoms with van der Waals surface area (Å²) in [7, 11) is 1.64. The van der Waals surface area contributed by atoms with E-state index in [0.717, 1.165) is 23.3 Å². The molecule has 0 N–H and O–H groups in total. The third-order valence-corrected chi connectivity index (χ3v) is 5.67. The first-order valence-corrected chi connectivity index (χ1v) is 11.9. The molecule has 1 aromatic carbocycles. The van der Waals surface area contributed by atoms with Crippen LogP contribution in [0, 0.1) is 11.8 Å². The summed E-state index contributed by atoms with van der Waals surface area (Å²) in [6, 6.07) is 6.01. The fraction of sp³-hybridized carbons (Fsp3) is 0.667. The number of likely N-dealkylation sites (tertiary alicyclic amines) is 1. The summed E-state index contributed by atoms with van der Waals surface area (Å²) in [6.45, 7) is 12.2. The number of carbonyl (C=O) groups excluding carboxylic acids is 2. The lowest BCUT2D eigenvalue weighted by atomic mass is 9.85. The zero-order chi connectivity index (χ0) is 23.4. The van der Waals surface area contributed by atoms with Crippen LogP contribution in [-0.4, -0.2) is 48.4 Å². The molecular weight excluding hydrogens is 462 g/mol. The van der Waals surface area contributed by atoms with E-state index in [1.807, 2.05) is 53.7 Å². The standard InChI is InChI=1S/C24H36BrNO5/c1-23(2,3)30-21(27)20(13-16-10-17(14-25)12-19(11-16)29-7)18-8-9-26(15-18)22(28)31-24(4,5)6/h10-12,18,20H,8-9,13-15H2,1-7H3/t18-,20-/m0/s1. The number of halogens is 1. The van der Waals surface area contributed by atoms with Gasteiger partial charge >= 0.3 is 12.1 Å². The molecule has 1 aromatic rings. The zero-order valence-corrected chi connectivity index (χ0v) is 21.4. The first-order chi connectivity index (χ1) is 14.3. The average molecular weight is 498 g/mol. The number of alkyl halides is 1. The van der Waals surface area contributed by atoms with E-state index in [4.69, 9.17) is 14.2 Å². The molecule has 1 aliphatic rings. The van der Waals surface area contributed by atoms with Crippen LogP contribution in [0.4, 0.5) is 4.79 Å². The maximum atomic E-state index is 13.2. The van der Waals surface area contributed by atoms with Gasteiger partial charge in [-0.25, -0.2) is 4.79 Å². The van der Waals surface area contributed by atoms with Crippen molar-refractivity contribution < 1.29 is 23.8 Å². The van der Waals surface area contributed by atoms with Gasteiger partial charge < -0.3 is 19.1 Å². The summed E-state index contributed by atoms with van der Waals surface area (Å²) in [5.74, 6) is 0.173. The van der Waals surface area contributed by atoms with Gasteiger partial charge in [0.2, 0.25) is 0 Å². The van der Waals surface area contributed by atoms with Gasteiger partial charge in [-0.3, -0.25) is 4.79 Å². The van der Waals surface area contributed by atoms with Crippen molar-refractivity contribution in [3.8, 4) is 5.75 Å². The first kappa shape index (κ1) is 25.5. The van der Waals surface area contributed by atoms with Crippen LogP contribution in [0.1, 0.15) is 59.1 Å². The Labute approximate surface area is 194 Å². The van der Waals surface area contributed by atoms with Gasteiger partial charge in [-0.1, -0.05) is 22.0 Å². The molecule has 2 rings (SSSR count). The minimum Gasteiger partial charge on any atom is -0.497 e. The highest BCUT2D eigenvalue weighted by atomic mass is 79.9. The van der Waals surface area contributed by atoms with E-state index < -0.39 is 11.2 Å². The number of hydrogen-bond acceptors (Lipinski definition) is 5. The number of rotatable bonds is 6. The molecule has 0 unspecified atom stereocenters. The van der Waals surface area contributed by atoms with Crippen molar-refractivity contribution in [2.24, 2.45) is 11.8 Å². The van der Waals surface area contributed by atoms with Gasteiger partial charge in [0.05, 0.1) is 13.0 Å². The quantitative estimate of drug-likeness (QED) is 0.391. The lowest BCUT2D eigenvalue weighted by molar-refractivity contribution is -0.161. The lowest BCUT2D eigenvalue weighted by Crippen LogP contribution is -2.38. The maximum Gasteiger partial charge on any atom is 0.410 e. The molecule has 6 nitrogen and oxygen atoms in total. The second kappa shape index (κ2) is 10.2. The van der Waals surface area contributed by atoms with Crippen LogP contribution < -0.4 is 4.74 Å². The summed E-state index contributed by atoms with van der Waals surface area (Å²) in [6.07, 6.45) is 0.929. The number of esters is 1. The molecule has 1 fully saturated rings. The Morgan fingerprint density at radius 1 is 1.06 bits per heavy atom. The van der Waals surface area contributed by atoms with E-state index in [0.29, 0.717) is 24.8 Å². The number of amides is 1. The molecule has 0 aromatic heterocycles. The van der Waals surface area contributed by atoms with Crippen LogP contribution in [0.5, 0.6) is 5.75 Å². The lowest BCUT2D eigenvalue weighted by Gasteiger charge is -2.28. The molecule has 1 saturated heterocycles. The minimum atomic E-state index is -0.575. The van der Waals surface area contributed by atoms with Crippen molar-refractivity contribution in [1.82, 2.24) is 4.90 Å². The smallest absolute Gasteiger partial charge is 0.410 e. The van der Waals surface area contributed by atoms with E-state index in [2.05, 4.69) is 22.0 Å². The number of benzene rings is 1. The zero-order valence-electron chi connectivity index (χ0n) is 19.8. The number of nitrogens with zero attached hydrogens (tertiary/aromatic N) is 1. The molecular formula is C24H36BrNO5. The SMILES string of the molecule is COc1cc(CBr)cc(C[C@H](C(=O)OC(C)(C)C)[C@H]2CCN(C(=O)OC(C)(C)C)C2)c1. The van der Waals surface area contributed by atoms with Gasteiger partial charge in [0.15, 0.2) is 0 Å². The molecule has 1 amide bonds. The number of hydrogen-bond donors (Lipinski definition) is 0. The fourth-order valence-corrected chi connectivity index (χ4v) is 4.05. The highest BCUT2D eigenvalue weighted by Gasteiger charge is 2.39. The van der Waals surface area contributed by atoms with Crippen molar-refractivity contribution in [2.45, 2.75) is 70.9 Å². The molecule has 0 spiro atoms. The summed E-state index contributed by atoms with van der Waals surface area (Å²) in [5, 5.41) is 0.699. The molecule has 0 radical (unpaired) electrons. The Hall–Kier alpha value is -1.76. The van der Waals surface area contributed by atoms with Crippen LogP contribution in [0.15, 0.2) is 18.2 Å². The van der Waals surface area contributed by atoms with Crippen LogP contribution in [0.25, 0.3) is 0 Å². The first-order valence-electron chi connectivity index (χ1n) is 10.7. The van der Waals surface area contributed by atoms with Crippen LogP contribution in [-0.2, 0) is 26.0 Å². The van der Waals surface area contributed by atoms with Crippen LogP contribution in [0.3, 0.4) is 0 Å². The Morgan fingerprint density at radius 3 is 2.23 bits per heavy atom. The Kier molecular flexibility index (Phi) is 8.42. The number of ether oxygens (including phenoxy) is 3. The number of carbonyl (C=O) groups is 2. The monoisotopic (exact) mass is 497 g/mol. The van der Waals surface area contributed by atoms with Crippen LogP contribution >= 0.6 is 15.9 Å². The van der Waals surface area contributed by atoms with E-state index in [9.17, 15) is 9.59 Å². The van der Waals surface area contributed by atoms with E-state index in [1.165, 1.54) is 0 Å². The van der Waals surface area contributed by atoms with Crippen LogP contribution in [0.2, 0.25) is 0 Å². The van der Waals surface area contributed by atoms with Crippen molar-refractivity contribution in [1.29, 1.82) is 0 Å². The third kappa shape index (κ3) is 8.02. The summed E-state index contributed by atoms with van der Waals surface area (Å²) in [4.78, 5) is 27.4. The van der Waals surface area contributed by atoms with Gasteiger partial charge in [0, 0.05) is 18.4 Å². The predicted molar refractivity (Wildman–Crippen MR) is 125 cm³/mol. The molecule has 0 aliphatic carbocycles. The van der Waals surface area contributed by atoms with Gasteiger partial charge in [-0.2, -0.15) is 0 Å². The molecule has 0 saturated carbocycles. The second-order valence-electron chi connectivity index (χ2n) is 10.1. The number of methoxy groups -OCH3 is 1. The van der Waals surface area contributed by atoms with Crippen molar-refractivity contribution in [2.75, 3.05) is 20.2 Å². The van der Waals surface area contributed by atoms with Crippen molar-refractivity contribution in [3.63, 3.8) is 0 Å². The predicted octanol–water partition coefficient (Wildman–Crippen LogP) is 5.35. The third-order valence-electron chi connectivity index (χ3n) is 5.03. The fourth-order valence-electron chi connectivity index (χ4n) is 3.72.